The summed E-state index contributed by atoms with van der Waals surface area (Å²) in [6, 6.07) is 0. The highest BCUT2D eigenvalue weighted by Crippen LogP contribution is 1.93. The van der Waals surface area contributed by atoms with E-state index in [4.69, 9.17) is 11.6 Å². The van der Waals surface area contributed by atoms with Gasteiger partial charge < -0.3 is 0 Å². The van der Waals surface area contributed by atoms with E-state index in [1.165, 1.54) is 19.3 Å². The van der Waals surface area contributed by atoms with Gasteiger partial charge in [0.15, 0.2) is 0 Å². The van der Waals surface area contributed by atoms with E-state index in [-0.39, 0.29) is 0 Å². The highest BCUT2D eigenvalue weighted by atomic mass is 35.5. The van der Waals surface area contributed by atoms with Gasteiger partial charge in [-0.1, -0.05) is 39.7 Å². The molecule has 0 unspecified atom stereocenters. The number of hydrogen-bond donors (Lipinski definition) is 0. The van der Waals surface area contributed by atoms with Crippen LogP contribution in [-0.2, 0) is 0 Å². The summed E-state index contributed by atoms with van der Waals surface area (Å²) in [5.41, 5.74) is 0. The molecule has 0 aliphatic rings. The van der Waals surface area contributed by atoms with Gasteiger partial charge in [-0.25, -0.2) is 0 Å². The monoisotopic (exact) mass is 176 g/mol. The van der Waals surface area contributed by atoms with Gasteiger partial charge in [-0.15, -0.1) is 18.2 Å². The van der Waals surface area contributed by atoms with Crippen molar-refractivity contribution in [2.45, 2.75) is 40.0 Å². The largest absolute Gasteiger partial charge is 0.127 e. The Labute approximate surface area is 76.6 Å². The highest BCUT2D eigenvalue weighted by Gasteiger charge is 1.76. The molecule has 0 aliphatic carbocycles. The molecular formula is C10H21Cl. The molecule has 68 valence electrons. The van der Waals surface area contributed by atoms with Crippen LogP contribution in [0.1, 0.15) is 40.0 Å². The van der Waals surface area contributed by atoms with E-state index in [0.717, 1.165) is 5.88 Å². The molecule has 0 saturated heterocycles. The Hall–Kier alpha value is 0.0300. The van der Waals surface area contributed by atoms with Crippen LogP contribution in [0.15, 0.2) is 12.7 Å². The third-order valence-electron chi connectivity index (χ3n) is 1.21. The third-order valence-corrected chi connectivity index (χ3v) is 1.48. The van der Waals surface area contributed by atoms with Crippen molar-refractivity contribution in [3.05, 3.63) is 12.7 Å². The second-order valence-corrected chi connectivity index (χ2v) is 3.25. The lowest BCUT2D eigenvalue weighted by Crippen LogP contribution is -1.71. The molecule has 0 saturated carbocycles. The number of halogens is 1. The van der Waals surface area contributed by atoms with Crippen LogP contribution in [0.4, 0.5) is 0 Å². The Kier molecular flexibility index (Phi) is 15.7. The number of rotatable bonds is 4. The topological polar surface area (TPSA) is 0 Å². The minimum absolute atomic E-state index is 0.648. The van der Waals surface area contributed by atoms with Crippen molar-refractivity contribution in [2.24, 2.45) is 5.92 Å². The maximum absolute atomic E-state index is 5.38. The number of hydrogen-bond acceptors (Lipinski definition) is 0. The average molecular weight is 177 g/mol. The highest BCUT2D eigenvalue weighted by molar-refractivity contribution is 6.17. The van der Waals surface area contributed by atoms with Crippen LogP contribution in [0, 0.1) is 5.92 Å². The van der Waals surface area contributed by atoms with E-state index in [0.29, 0.717) is 5.92 Å². The fourth-order valence-electron chi connectivity index (χ4n) is 0.344. The Morgan fingerprint density at radius 1 is 1.36 bits per heavy atom. The lowest BCUT2D eigenvalue weighted by atomic mass is 10.2. The van der Waals surface area contributed by atoms with Crippen molar-refractivity contribution >= 4 is 11.6 Å². The molecule has 0 aromatic heterocycles. The Balaban J connectivity index is 0. The fraction of sp³-hybridized carbons (Fsp3) is 0.800. The smallest absolute Gasteiger partial charge is 0.0223 e. The SMILES string of the molecule is C=CC(C)C.CCCCCCl. The van der Waals surface area contributed by atoms with Gasteiger partial charge in [0.05, 0.1) is 0 Å². The van der Waals surface area contributed by atoms with Gasteiger partial charge >= 0.3 is 0 Å². The van der Waals surface area contributed by atoms with Crippen LogP contribution in [0.2, 0.25) is 0 Å². The van der Waals surface area contributed by atoms with Crippen LogP contribution >= 0.6 is 11.6 Å². The van der Waals surface area contributed by atoms with Crippen LogP contribution < -0.4 is 0 Å². The normalized spacial score (nSPS) is 8.82. The van der Waals surface area contributed by atoms with Gasteiger partial charge in [0.25, 0.3) is 0 Å². The summed E-state index contributed by atoms with van der Waals surface area (Å²) in [7, 11) is 0. The average Bonchev–Trinajstić information content (AvgIpc) is 2.02. The summed E-state index contributed by atoms with van der Waals surface area (Å²) in [5, 5.41) is 0. The number of allylic oxidation sites excluding steroid dienone is 1. The summed E-state index contributed by atoms with van der Waals surface area (Å²) in [4.78, 5) is 0. The van der Waals surface area contributed by atoms with Crippen LogP contribution in [0.25, 0.3) is 0 Å². The van der Waals surface area contributed by atoms with Gasteiger partial charge in [0.1, 0.15) is 0 Å². The van der Waals surface area contributed by atoms with Crippen molar-refractivity contribution in [1.82, 2.24) is 0 Å². The van der Waals surface area contributed by atoms with E-state index < -0.39 is 0 Å². The molecule has 0 heterocycles. The molecular weight excluding hydrogens is 156 g/mol. The molecule has 0 bridgehead atoms. The molecule has 0 nitrogen and oxygen atoms in total. The number of unbranched alkanes of at least 4 members (excludes halogenated alkanes) is 2. The molecule has 0 rings (SSSR count). The zero-order valence-electron chi connectivity index (χ0n) is 8.07. The van der Waals surface area contributed by atoms with Gasteiger partial charge in [-0.05, 0) is 12.3 Å². The molecule has 1 heteroatoms. The predicted molar refractivity (Wildman–Crippen MR) is 55.3 cm³/mol. The number of alkyl halides is 1. The quantitative estimate of drug-likeness (QED) is 0.342. The maximum atomic E-state index is 5.38. The maximum Gasteiger partial charge on any atom is 0.0223 e. The standard InChI is InChI=1S/C5H11Cl.C5H10/c1-2-3-4-5-6;1-4-5(2)3/h2-5H2,1H3;4-5H,1H2,2-3H3. The van der Waals surface area contributed by atoms with Gasteiger partial charge in [0, 0.05) is 5.88 Å². The van der Waals surface area contributed by atoms with Gasteiger partial charge in [-0.2, -0.15) is 0 Å². The zero-order valence-corrected chi connectivity index (χ0v) is 8.82. The summed E-state index contributed by atoms with van der Waals surface area (Å²) in [5.74, 6) is 1.48. The summed E-state index contributed by atoms with van der Waals surface area (Å²) in [6.07, 6.45) is 5.65. The molecule has 0 aromatic rings. The Bertz CT molecular complexity index is 63.3. The van der Waals surface area contributed by atoms with E-state index in [2.05, 4.69) is 27.4 Å². The summed E-state index contributed by atoms with van der Waals surface area (Å²) < 4.78 is 0. The van der Waals surface area contributed by atoms with Crippen LogP contribution in [-0.4, -0.2) is 5.88 Å². The van der Waals surface area contributed by atoms with Crippen LogP contribution in [0.3, 0.4) is 0 Å². The van der Waals surface area contributed by atoms with Crippen molar-refractivity contribution in [1.29, 1.82) is 0 Å². The van der Waals surface area contributed by atoms with Crippen LogP contribution in [0.5, 0.6) is 0 Å². The summed E-state index contributed by atoms with van der Waals surface area (Å²) >= 11 is 5.38. The van der Waals surface area contributed by atoms with Crippen molar-refractivity contribution in [3.63, 3.8) is 0 Å². The minimum atomic E-state index is 0.648. The summed E-state index contributed by atoms with van der Waals surface area (Å²) in [6.45, 7) is 9.94. The first-order chi connectivity index (χ1) is 5.18. The van der Waals surface area contributed by atoms with E-state index in [9.17, 15) is 0 Å². The van der Waals surface area contributed by atoms with E-state index in [1.807, 2.05) is 6.08 Å². The van der Waals surface area contributed by atoms with Gasteiger partial charge in [-0.3, -0.25) is 0 Å². The van der Waals surface area contributed by atoms with Gasteiger partial charge in [0.2, 0.25) is 0 Å². The van der Waals surface area contributed by atoms with Crippen molar-refractivity contribution in [2.75, 3.05) is 5.88 Å². The first kappa shape index (κ1) is 13.6. The van der Waals surface area contributed by atoms with Crippen molar-refractivity contribution < 1.29 is 0 Å². The second-order valence-electron chi connectivity index (χ2n) is 2.88. The first-order valence-corrected chi connectivity index (χ1v) is 4.91. The first-order valence-electron chi connectivity index (χ1n) is 4.37. The molecule has 0 amide bonds. The lowest BCUT2D eigenvalue weighted by molar-refractivity contribution is 0.776. The van der Waals surface area contributed by atoms with E-state index >= 15 is 0 Å². The molecule has 0 aliphatic heterocycles. The van der Waals surface area contributed by atoms with Crippen molar-refractivity contribution in [3.8, 4) is 0 Å². The molecule has 0 aromatic carbocycles. The molecule has 0 N–H and O–H groups in total. The zero-order chi connectivity index (χ0) is 9.11. The second kappa shape index (κ2) is 12.7. The predicted octanol–water partition coefficient (Wildman–Crippen LogP) is 4.24. The molecule has 0 radical (unpaired) electrons. The Morgan fingerprint density at radius 2 is 1.82 bits per heavy atom. The van der Waals surface area contributed by atoms with E-state index in [1.54, 1.807) is 0 Å². The molecule has 0 atom stereocenters. The molecule has 11 heavy (non-hydrogen) atoms. The third kappa shape index (κ3) is 25.6. The molecule has 0 spiro atoms. The fourth-order valence-corrected chi connectivity index (χ4v) is 0.533. The molecule has 0 fully saturated rings. The lowest BCUT2D eigenvalue weighted by Gasteiger charge is -1.84. The minimum Gasteiger partial charge on any atom is -0.127 e. The Morgan fingerprint density at radius 3 is 1.91 bits per heavy atom.